The largest absolute Gasteiger partial charge is 0.306 e. The van der Waals surface area contributed by atoms with Crippen molar-refractivity contribution in [1.29, 1.82) is 0 Å². The highest BCUT2D eigenvalue weighted by atomic mass is 16.2. The number of fused-ring (bicyclic) bond motifs is 2. The SMILES string of the molecule is O=C1C2CCCC2N1c1cccc2cccnc12. The van der Waals surface area contributed by atoms with Crippen LogP contribution in [0.25, 0.3) is 10.9 Å². The number of hydrogen-bond acceptors (Lipinski definition) is 2. The van der Waals surface area contributed by atoms with Gasteiger partial charge in [-0.15, -0.1) is 0 Å². The molecule has 90 valence electrons. The summed E-state index contributed by atoms with van der Waals surface area (Å²) in [5.41, 5.74) is 1.93. The van der Waals surface area contributed by atoms with Gasteiger partial charge in [0, 0.05) is 17.6 Å². The van der Waals surface area contributed by atoms with Gasteiger partial charge in [0.25, 0.3) is 0 Å². The van der Waals surface area contributed by atoms with Crippen LogP contribution in [0.3, 0.4) is 0 Å². The van der Waals surface area contributed by atoms with Crippen LogP contribution in [0.4, 0.5) is 5.69 Å². The quantitative estimate of drug-likeness (QED) is 0.716. The summed E-state index contributed by atoms with van der Waals surface area (Å²) in [7, 11) is 0. The van der Waals surface area contributed by atoms with Gasteiger partial charge in [-0.25, -0.2) is 0 Å². The Morgan fingerprint density at radius 2 is 2.06 bits per heavy atom. The standard InChI is InChI=1S/C15H14N2O/c18-15-11-6-2-7-12(11)17(15)13-8-1-4-10-5-3-9-16-14(10)13/h1,3-5,8-9,11-12H,2,6-7H2. The maximum atomic E-state index is 12.2. The van der Waals surface area contributed by atoms with E-state index in [9.17, 15) is 4.79 Å². The van der Waals surface area contributed by atoms with E-state index in [1.165, 1.54) is 6.42 Å². The number of carbonyl (C=O) groups is 1. The van der Waals surface area contributed by atoms with Crippen molar-refractivity contribution in [2.45, 2.75) is 25.3 Å². The zero-order valence-electron chi connectivity index (χ0n) is 10.0. The molecule has 1 aromatic heterocycles. The monoisotopic (exact) mass is 238 g/mol. The second-order valence-corrected chi connectivity index (χ2v) is 5.17. The van der Waals surface area contributed by atoms with Crippen LogP contribution in [-0.4, -0.2) is 16.9 Å². The molecule has 0 radical (unpaired) electrons. The van der Waals surface area contributed by atoms with Crippen molar-refractivity contribution in [1.82, 2.24) is 4.98 Å². The van der Waals surface area contributed by atoms with Gasteiger partial charge in [0.2, 0.25) is 5.91 Å². The first-order valence-electron chi connectivity index (χ1n) is 6.53. The van der Waals surface area contributed by atoms with Crippen LogP contribution in [0, 0.1) is 5.92 Å². The van der Waals surface area contributed by atoms with Crippen molar-refractivity contribution < 1.29 is 4.79 Å². The summed E-state index contributed by atoms with van der Waals surface area (Å²) in [6.45, 7) is 0. The molecule has 2 aromatic rings. The molecule has 3 heteroatoms. The van der Waals surface area contributed by atoms with Crippen LogP contribution in [0.2, 0.25) is 0 Å². The minimum absolute atomic E-state index is 0.281. The molecule has 0 spiro atoms. The number of para-hydroxylation sites is 1. The van der Waals surface area contributed by atoms with Crippen LogP contribution < -0.4 is 4.90 Å². The van der Waals surface area contributed by atoms with Crippen molar-refractivity contribution in [3.8, 4) is 0 Å². The highest BCUT2D eigenvalue weighted by Gasteiger charge is 2.50. The lowest BCUT2D eigenvalue weighted by atomic mass is 9.89. The van der Waals surface area contributed by atoms with Gasteiger partial charge < -0.3 is 4.90 Å². The fourth-order valence-electron chi connectivity index (χ4n) is 3.38. The van der Waals surface area contributed by atoms with Gasteiger partial charge >= 0.3 is 0 Å². The summed E-state index contributed by atoms with van der Waals surface area (Å²) in [5, 5.41) is 1.10. The summed E-state index contributed by atoms with van der Waals surface area (Å²) >= 11 is 0. The number of hydrogen-bond donors (Lipinski definition) is 0. The maximum absolute atomic E-state index is 12.2. The van der Waals surface area contributed by atoms with E-state index in [0.29, 0.717) is 6.04 Å². The minimum atomic E-state index is 0.281. The molecular formula is C15H14N2O. The Kier molecular flexibility index (Phi) is 1.98. The number of anilines is 1. The normalized spacial score (nSPS) is 26.2. The predicted molar refractivity (Wildman–Crippen MR) is 70.4 cm³/mol. The molecule has 2 atom stereocenters. The van der Waals surface area contributed by atoms with E-state index in [-0.39, 0.29) is 11.8 Å². The predicted octanol–water partition coefficient (Wildman–Crippen LogP) is 2.75. The third kappa shape index (κ3) is 1.19. The van der Waals surface area contributed by atoms with E-state index < -0.39 is 0 Å². The molecule has 2 fully saturated rings. The molecule has 2 heterocycles. The highest BCUT2D eigenvalue weighted by Crippen LogP contribution is 2.44. The Hall–Kier alpha value is -1.90. The van der Waals surface area contributed by atoms with Crippen molar-refractivity contribution >= 4 is 22.5 Å². The van der Waals surface area contributed by atoms with Crippen LogP contribution in [0.5, 0.6) is 0 Å². The van der Waals surface area contributed by atoms with Crippen LogP contribution in [-0.2, 0) is 4.79 Å². The molecule has 0 bridgehead atoms. The Bertz CT molecular complexity index is 632. The molecule has 3 nitrogen and oxygen atoms in total. The number of rotatable bonds is 1. The Morgan fingerprint density at radius 3 is 3.00 bits per heavy atom. The summed E-state index contributed by atoms with van der Waals surface area (Å²) < 4.78 is 0. The fraction of sp³-hybridized carbons (Fsp3) is 0.333. The third-order valence-corrected chi connectivity index (χ3v) is 4.24. The number of carbonyl (C=O) groups excluding carboxylic acids is 1. The highest BCUT2D eigenvalue weighted by molar-refractivity contribution is 6.08. The zero-order valence-corrected chi connectivity index (χ0v) is 10.0. The average molecular weight is 238 g/mol. The average Bonchev–Trinajstić information content (AvgIpc) is 2.83. The molecule has 1 aromatic carbocycles. The van der Waals surface area contributed by atoms with Crippen molar-refractivity contribution in [3.63, 3.8) is 0 Å². The Balaban J connectivity index is 1.86. The molecule has 1 aliphatic carbocycles. The molecule has 1 amide bonds. The van der Waals surface area contributed by atoms with Gasteiger partial charge in [0.05, 0.1) is 17.1 Å². The Labute approximate surface area is 105 Å². The summed E-state index contributed by atoms with van der Waals surface area (Å²) in [4.78, 5) is 18.6. The molecular weight excluding hydrogens is 224 g/mol. The molecule has 1 saturated carbocycles. The van der Waals surface area contributed by atoms with Gasteiger partial charge in [-0.2, -0.15) is 0 Å². The van der Waals surface area contributed by atoms with E-state index >= 15 is 0 Å². The van der Waals surface area contributed by atoms with Crippen molar-refractivity contribution in [2.75, 3.05) is 4.90 Å². The fourth-order valence-corrected chi connectivity index (χ4v) is 3.38. The van der Waals surface area contributed by atoms with E-state index in [1.54, 1.807) is 6.20 Å². The smallest absolute Gasteiger partial charge is 0.232 e. The summed E-state index contributed by atoms with van der Waals surface area (Å²) in [5.74, 6) is 0.569. The lowest BCUT2D eigenvalue weighted by molar-refractivity contribution is -0.128. The minimum Gasteiger partial charge on any atom is -0.306 e. The molecule has 1 saturated heterocycles. The first-order chi connectivity index (χ1) is 8.86. The maximum Gasteiger partial charge on any atom is 0.232 e. The van der Waals surface area contributed by atoms with E-state index in [2.05, 4.69) is 4.98 Å². The van der Waals surface area contributed by atoms with Crippen LogP contribution in [0.1, 0.15) is 19.3 Å². The number of aromatic nitrogens is 1. The van der Waals surface area contributed by atoms with Gasteiger partial charge in [0.15, 0.2) is 0 Å². The summed E-state index contributed by atoms with van der Waals surface area (Å²) in [6, 6.07) is 10.5. The molecule has 4 rings (SSSR count). The third-order valence-electron chi connectivity index (χ3n) is 4.24. The Morgan fingerprint density at radius 1 is 1.17 bits per heavy atom. The van der Waals surface area contributed by atoms with Gasteiger partial charge in [-0.3, -0.25) is 9.78 Å². The zero-order chi connectivity index (χ0) is 12.1. The van der Waals surface area contributed by atoms with Gasteiger partial charge in [-0.05, 0) is 25.0 Å². The van der Waals surface area contributed by atoms with Crippen LogP contribution >= 0.6 is 0 Å². The molecule has 0 N–H and O–H groups in total. The number of amides is 1. The molecule has 2 unspecified atom stereocenters. The van der Waals surface area contributed by atoms with Gasteiger partial charge in [-0.1, -0.05) is 24.6 Å². The van der Waals surface area contributed by atoms with E-state index in [1.807, 2.05) is 35.2 Å². The van der Waals surface area contributed by atoms with E-state index in [4.69, 9.17) is 0 Å². The second kappa shape index (κ2) is 3.55. The van der Waals surface area contributed by atoms with Gasteiger partial charge in [0.1, 0.15) is 0 Å². The molecule has 18 heavy (non-hydrogen) atoms. The lowest BCUT2D eigenvalue weighted by Gasteiger charge is -2.43. The lowest BCUT2D eigenvalue weighted by Crippen LogP contribution is -2.58. The number of benzene rings is 1. The first kappa shape index (κ1) is 10.1. The van der Waals surface area contributed by atoms with Crippen molar-refractivity contribution in [2.24, 2.45) is 5.92 Å². The van der Waals surface area contributed by atoms with Crippen LogP contribution in [0.15, 0.2) is 36.5 Å². The topological polar surface area (TPSA) is 33.2 Å². The number of pyridine rings is 1. The first-order valence-corrected chi connectivity index (χ1v) is 6.53. The molecule has 1 aliphatic heterocycles. The number of β-lactam (4-membered cyclic amide) rings is 1. The van der Waals surface area contributed by atoms with E-state index in [0.717, 1.165) is 29.4 Å². The second-order valence-electron chi connectivity index (χ2n) is 5.17. The molecule has 2 aliphatic rings. The number of nitrogens with zero attached hydrogens (tertiary/aromatic N) is 2. The summed E-state index contributed by atoms with van der Waals surface area (Å²) in [6.07, 6.45) is 5.18. The van der Waals surface area contributed by atoms with Crippen molar-refractivity contribution in [3.05, 3.63) is 36.5 Å².